The molecule has 84 valence electrons. The van der Waals surface area contributed by atoms with Crippen LogP contribution in [0.25, 0.3) is 0 Å². The van der Waals surface area contributed by atoms with Crippen LogP contribution in [-0.4, -0.2) is 18.8 Å². The number of ether oxygens (including phenoxy) is 1. The summed E-state index contributed by atoms with van der Waals surface area (Å²) in [6.07, 6.45) is 1.05. The van der Waals surface area contributed by atoms with Gasteiger partial charge in [-0.2, -0.15) is 0 Å². The molecule has 3 N–H and O–H groups in total. The molecule has 4 heteroatoms. The average Bonchev–Trinajstić information content (AvgIpc) is 2.19. The van der Waals surface area contributed by atoms with Crippen LogP contribution in [0, 0.1) is 0 Å². The Kier molecular flexibility index (Phi) is 3.83. The van der Waals surface area contributed by atoms with Crippen LogP contribution in [0.1, 0.15) is 24.1 Å². The Balaban J connectivity index is 0.00000112. The van der Waals surface area contributed by atoms with E-state index < -0.39 is 0 Å². The number of hydrogen-bond acceptors (Lipinski definition) is 2. The van der Waals surface area contributed by atoms with Crippen molar-refractivity contribution >= 4 is 0 Å². The summed E-state index contributed by atoms with van der Waals surface area (Å²) in [6, 6.07) is 4.22. The van der Waals surface area contributed by atoms with Gasteiger partial charge in [0.1, 0.15) is 6.04 Å². The normalized spacial score (nSPS) is 18.9. The number of phenolic OH excluding ortho intramolecular Hbond substituents is 1. The Labute approximate surface area is 95.9 Å². The van der Waals surface area contributed by atoms with Gasteiger partial charge < -0.3 is 27.6 Å². The Morgan fingerprint density at radius 3 is 2.87 bits per heavy atom. The van der Waals surface area contributed by atoms with Crippen molar-refractivity contribution < 1.29 is 27.6 Å². The molecule has 0 fully saturated rings. The number of hydrogen-bond donors (Lipinski definition) is 2. The van der Waals surface area contributed by atoms with Gasteiger partial charge in [-0.3, -0.25) is 0 Å². The van der Waals surface area contributed by atoms with E-state index in [1.54, 1.807) is 7.11 Å². The van der Waals surface area contributed by atoms with Crippen LogP contribution in [0.15, 0.2) is 12.1 Å². The van der Waals surface area contributed by atoms with Crippen molar-refractivity contribution in [2.24, 2.45) is 0 Å². The molecule has 2 rings (SSSR count). The lowest BCUT2D eigenvalue weighted by Gasteiger charge is -2.21. The van der Waals surface area contributed by atoms with E-state index in [0.717, 1.165) is 13.0 Å². The van der Waals surface area contributed by atoms with E-state index in [-0.39, 0.29) is 18.2 Å². The third-order valence-corrected chi connectivity index (χ3v) is 2.87. The number of aromatic hydroxyl groups is 1. The van der Waals surface area contributed by atoms with Crippen molar-refractivity contribution in [2.75, 3.05) is 13.7 Å². The highest BCUT2D eigenvalue weighted by atomic mass is 35.5. The Bertz CT molecular complexity index is 355. The standard InChI is InChI=1S/C11H15NO2.ClH/c1-7-9-6-10(13)11(14-2)5-8(9)3-4-12-7;/h5-7,12-13H,3-4H2,1-2H3;1H/t7-;/m1./s1. The fourth-order valence-electron chi connectivity index (χ4n) is 2.05. The molecule has 0 saturated heterocycles. The minimum Gasteiger partial charge on any atom is -1.00 e. The van der Waals surface area contributed by atoms with E-state index in [9.17, 15) is 5.11 Å². The summed E-state index contributed by atoms with van der Waals surface area (Å²) in [6.45, 7) is 3.27. The van der Waals surface area contributed by atoms with Crippen molar-refractivity contribution in [1.82, 2.24) is 0 Å². The molecule has 0 aromatic heterocycles. The van der Waals surface area contributed by atoms with Crippen LogP contribution in [-0.2, 0) is 6.42 Å². The molecule has 0 amide bonds. The van der Waals surface area contributed by atoms with Crippen LogP contribution in [0.5, 0.6) is 11.5 Å². The maximum atomic E-state index is 9.65. The quantitative estimate of drug-likeness (QED) is 0.564. The molecule has 1 aromatic rings. The average molecular weight is 230 g/mol. The Morgan fingerprint density at radius 2 is 2.20 bits per heavy atom. The van der Waals surface area contributed by atoms with Gasteiger partial charge >= 0.3 is 0 Å². The number of rotatable bonds is 1. The second-order valence-corrected chi connectivity index (χ2v) is 3.79. The van der Waals surface area contributed by atoms with Crippen LogP contribution >= 0.6 is 0 Å². The summed E-state index contributed by atoms with van der Waals surface area (Å²) in [4.78, 5) is 0. The highest BCUT2D eigenvalue weighted by Crippen LogP contribution is 2.32. The topological polar surface area (TPSA) is 46.1 Å². The lowest BCUT2D eigenvalue weighted by molar-refractivity contribution is -0.695. The van der Waals surface area contributed by atoms with E-state index in [1.165, 1.54) is 11.1 Å². The van der Waals surface area contributed by atoms with E-state index in [2.05, 4.69) is 12.2 Å². The van der Waals surface area contributed by atoms with Crippen molar-refractivity contribution in [3.63, 3.8) is 0 Å². The summed E-state index contributed by atoms with van der Waals surface area (Å²) in [5.41, 5.74) is 2.53. The molecular weight excluding hydrogens is 214 g/mol. The SMILES string of the molecule is COc1cc2c(cc1O)[C@@H](C)[NH2+]CC2.[Cl-]. The molecule has 0 radical (unpaired) electrons. The Hall–Kier alpha value is -0.930. The summed E-state index contributed by atoms with van der Waals surface area (Å²) in [5, 5.41) is 11.9. The highest BCUT2D eigenvalue weighted by molar-refractivity contribution is 5.47. The molecule has 1 heterocycles. The molecular formula is C11H16ClNO2. The summed E-state index contributed by atoms with van der Waals surface area (Å²) < 4.78 is 5.09. The zero-order valence-electron chi connectivity index (χ0n) is 8.96. The molecule has 0 aliphatic carbocycles. The van der Waals surface area contributed by atoms with Gasteiger partial charge in [-0.1, -0.05) is 0 Å². The van der Waals surface area contributed by atoms with Crippen LogP contribution in [0.4, 0.5) is 0 Å². The highest BCUT2D eigenvalue weighted by Gasteiger charge is 2.21. The molecule has 1 aliphatic rings. The largest absolute Gasteiger partial charge is 1.00 e. The van der Waals surface area contributed by atoms with Gasteiger partial charge in [0.15, 0.2) is 11.5 Å². The van der Waals surface area contributed by atoms with E-state index in [4.69, 9.17) is 4.74 Å². The first-order valence-corrected chi connectivity index (χ1v) is 4.95. The molecule has 1 aromatic carbocycles. The van der Waals surface area contributed by atoms with Crippen LogP contribution in [0.3, 0.4) is 0 Å². The van der Waals surface area contributed by atoms with Gasteiger partial charge in [-0.25, -0.2) is 0 Å². The fraction of sp³-hybridized carbons (Fsp3) is 0.455. The molecule has 1 aliphatic heterocycles. The number of quaternary nitrogens is 1. The van der Waals surface area contributed by atoms with Gasteiger partial charge in [0.2, 0.25) is 0 Å². The lowest BCUT2D eigenvalue weighted by Crippen LogP contribution is -3.00. The predicted molar refractivity (Wildman–Crippen MR) is 53.6 cm³/mol. The number of methoxy groups -OCH3 is 1. The third-order valence-electron chi connectivity index (χ3n) is 2.87. The monoisotopic (exact) mass is 229 g/mol. The first kappa shape index (κ1) is 12.1. The number of halogens is 1. The van der Waals surface area contributed by atoms with Gasteiger partial charge in [-0.15, -0.1) is 0 Å². The molecule has 15 heavy (non-hydrogen) atoms. The van der Waals surface area contributed by atoms with Crippen LogP contribution < -0.4 is 22.5 Å². The van der Waals surface area contributed by atoms with Crippen molar-refractivity contribution in [2.45, 2.75) is 19.4 Å². The fourth-order valence-corrected chi connectivity index (χ4v) is 2.05. The zero-order chi connectivity index (χ0) is 10.1. The summed E-state index contributed by atoms with van der Waals surface area (Å²) in [5.74, 6) is 0.825. The first-order valence-electron chi connectivity index (χ1n) is 4.95. The molecule has 1 atom stereocenters. The van der Waals surface area contributed by atoms with Crippen LogP contribution in [0.2, 0.25) is 0 Å². The number of fused-ring (bicyclic) bond motifs is 1. The molecule has 3 nitrogen and oxygen atoms in total. The predicted octanol–water partition coefficient (Wildman–Crippen LogP) is -2.41. The van der Waals surface area contributed by atoms with Gasteiger partial charge in [0, 0.05) is 12.0 Å². The molecule has 0 unspecified atom stereocenters. The molecule has 0 saturated carbocycles. The number of benzene rings is 1. The van der Waals surface area contributed by atoms with Gasteiger partial charge in [-0.05, 0) is 24.6 Å². The molecule has 0 bridgehead atoms. The second kappa shape index (κ2) is 4.73. The minimum atomic E-state index is 0. The zero-order valence-corrected chi connectivity index (χ0v) is 9.71. The van der Waals surface area contributed by atoms with Gasteiger partial charge in [0.05, 0.1) is 13.7 Å². The second-order valence-electron chi connectivity index (χ2n) is 3.79. The first-order chi connectivity index (χ1) is 6.72. The van der Waals surface area contributed by atoms with E-state index >= 15 is 0 Å². The van der Waals surface area contributed by atoms with Crippen molar-refractivity contribution in [1.29, 1.82) is 0 Å². The maximum Gasteiger partial charge on any atom is 0.160 e. The van der Waals surface area contributed by atoms with Crippen molar-refractivity contribution in [3.8, 4) is 11.5 Å². The summed E-state index contributed by atoms with van der Waals surface area (Å²) >= 11 is 0. The summed E-state index contributed by atoms with van der Waals surface area (Å²) in [7, 11) is 1.58. The minimum absolute atomic E-state index is 0. The molecule has 0 spiro atoms. The van der Waals surface area contributed by atoms with E-state index in [1.807, 2.05) is 12.1 Å². The van der Waals surface area contributed by atoms with E-state index in [0.29, 0.717) is 11.8 Å². The third kappa shape index (κ3) is 2.19. The van der Waals surface area contributed by atoms with Crippen molar-refractivity contribution in [3.05, 3.63) is 23.3 Å². The number of phenols is 1. The maximum absolute atomic E-state index is 9.65. The Morgan fingerprint density at radius 1 is 1.47 bits per heavy atom. The van der Waals surface area contributed by atoms with Gasteiger partial charge in [0.25, 0.3) is 0 Å². The lowest BCUT2D eigenvalue weighted by atomic mass is 9.95. The number of nitrogens with two attached hydrogens (primary N) is 1. The smallest absolute Gasteiger partial charge is 0.160 e.